The molecule has 126 valence electrons. The van der Waals surface area contributed by atoms with Crippen LogP contribution in [0.4, 0.5) is 17.6 Å². The Morgan fingerprint density at radius 2 is 1.35 bits per heavy atom. The van der Waals surface area contributed by atoms with E-state index in [2.05, 4.69) is 14.2 Å². The van der Waals surface area contributed by atoms with E-state index in [9.17, 15) is 17.6 Å². The first kappa shape index (κ1) is 18.4. The largest absolute Gasteiger partial charge is 0.504 e. The van der Waals surface area contributed by atoms with Gasteiger partial charge < -0.3 is 19.3 Å². The number of hydrogen-bond donors (Lipinski definition) is 1. The number of halogens is 4. The van der Waals surface area contributed by atoms with Gasteiger partial charge in [0, 0.05) is 12.1 Å². The Morgan fingerprint density at radius 1 is 0.826 bits per heavy atom. The topological polar surface area (TPSA) is 47.9 Å². The van der Waals surface area contributed by atoms with Crippen LogP contribution < -0.4 is 14.2 Å². The Balaban J connectivity index is 0.000000238. The Hall–Kier alpha value is -2.64. The van der Waals surface area contributed by atoms with E-state index >= 15 is 0 Å². The van der Waals surface area contributed by atoms with E-state index in [1.807, 2.05) is 0 Å². The third-order valence-corrected chi connectivity index (χ3v) is 2.48. The minimum absolute atomic E-state index is 0.0710. The number of rotatable bonds is 4. The summed E-state index contributed by atoms with van der Waals surface area (Å²) in [6, 6.07) is 6.73. The number of aromatic hydroxyl groups is 1. The summed E-state index contributed by atoms with van der Waals surface area (Å²) in [6.45, 7) is -2.99. The van der Waals surface area contributed by atoms with E-state index in [0.29, 0.717) is 0 Å². The highest BCUT2D eigenvalue weighted by Crippen LogP contribution is 2.28. The molecule has 1 N–H and O–H groups in total. The van der Waals surface area contributed by atoms with Crippen molar-refractivity contribution in [2.24, 2.45) is 0 Å². The van der Waals surface area contributed by atoms with Crippen LogP contribution in [0.5, 0.6) is 23.0 Å². The minimum Gasteiger partial charge on any atom is -0.504 e. The fourth-order valence-corrected chi connectivity index (χ4v) is 1.50. The Kier molecular flexibility index (Phi) is 6.98. The van der Waals surface area contributed by atoms with Gasteiger partial charge in [0.1, 0.15) is 11.6 Å². The van der Waals surface area contributed by atoms with Crippen LogP contribution in [0.1, 0.15) is 0 Å². The van der Waals surface area contributed by atoms with Crippen LogP contribution in [0.25, 0.3) is 0 Å². The first-order chi connectivity index (χ1) is 10.9. The van der Waals surface area contributed by atoms with Crippen LogP contribution in [0.2, 0.25) is 0 Å². The van der Waals surface area contributed by atoms with Crippen molar-refractivity contribution >= 4 is 0 Å². The number of alkyl halides is 2. The third-order valence-electron chi connectivity index (χ3n) is 2.48. The minimum atomic E-state index is -2.99. The molecule has 0 aromatic heterocycles. The standard InChI is InChI=1S/C8H7F3O2.C7H7FO2/c1-12-6-3-2-5(9)4-7(6)13-8(10)11;1-10-7-3-2-5(8)4-6(7)9/h2-4,8H,1H3;2-4,9H,1H3. The molecule has 0 aliphatic rings. The highest BCUT2D eigenvalue weighted by Gasteiger charge is 2.10. The average molecular weight is 334 g/mol. The molecule has 2 aromatic carbocycles. The maximum absolute atomic E-state index is 12.6. The number of benzene rings is 2. The van der Waals surface area contributed by atoms with Crippen LogP contribution in [0.3, 0.4) is 0 Å². The summed E-state index contributed by atoms with van der Waals surface area (Å²) in [6.07, 6.45) is 0. The van der Waals surface area contributed by atoms with Crippen LogP contribution in [-0.4, -0.2) is 25.9 Å². The summed E-state index contributed by atoms with van der Waals surface area (Å²) >= 11 is 0. The lowest BCUT2D eigenvalue weighted by molar-refractivity contribution is -0.0513. The van der Waals surface area contributed by atoms with E-state index in [1.54, 1.807) is 0 Å². The first-order valence-corrected chi connectivity index (χ1v) is 6.18. The van der Waals surface area contributed by atoms with Gasteiger partial charge >= 0.3 is 6.61 Å². The number of methoxy groups -OCH3 is 2. The van der Waals surface area contributed by atoms with Crippen molar-refractivity contribution in [3.05, 3.63) is 48.0 Å². The summed E-state index contributed by atoms with van der Waals surface area (Å²) in [7, 11) is 2.69. The van der Waals surface area contributed by atoms with Gasteiger partial charge in [-0.2, -0.15) is 8.78 Å². The molecule has 23 heavy (non-hydrogen) atoms. The molecule has 0 unspecified atom stereocenters. The smallest absolute Gasteiger partial charge is 0.387 e. The zero-order chi connectivity index (χ0) is 17.4. The van der Waals surface area contributed by atoms with Crippen molar-refractivity contribution in [2.45, 2.75) is 6.61 Å². The molecule has 0 bridgehead atoms. The van der Waals surface area contributed by atoms with Gasteiger partial charge in [0.15, 0.2) is 23.0 Å². The highest BCUT2D eigenvalue weighted by molar-refractivity contribution is 5.40. The van der Waals surface area contributed by atoms with Gasteiger partial charge in [-0.15, -0.1) is 0 Å². The second-order valence-corrected chi connectivity index (χ2v) is 3.99. The quantitative estimate of drug-likeness (QED) is 0.860. The predicted octanol–water partition coefficient (Wildman–Crippen LogP) is 3.98. The lowest BCUT2D eigenvalue weighted by Gasteiger charge is -2.08. The van der Waals surface area contributed by atoms with Gasteiger partial charge in [0.2, 0.25) is 0 Å². The summed E-state index contributed by atoms with van der Waals surface area (Å²) in [5, 5.41) is 8.93. The van der Waals surface area contributed by atoms with Crippen molar-refractivity contribution in [3.63, 3.8) is 0 Å². The highest BCUT2D eigenvalue weighted by atomic mass is 19.3. The molecule has 2 aromatic rings. The Morgan fingerprint density at radius 3 is 1.83 bits per heavy atom. The number of ether oxygens (including phenoxy) is 3. The van der Waals surface area contributed by atoms with Gasteiger partial charge in [-0.1, -0.05) is 0 Å². The van der Waals surface area contributed by atoms with Crippen molar-refractivity contribution in [3.8, 4) is 23.0 Å². The molecule has 0 aliphatic heterocycles. The fourth-order valence-electron chi connectivity index (χ4n) is 1.50. The maximum atomic E-state index is 12.6. The third kappa shape index (κ3) is 5.93. The monoisotopic (exact) mass is 334 g/mol. The van der Waals surface area contributed by atoms with Crippen LogP contribution in [-0.2, 0) is 0 Å². The summed E-state index contributed by atoms with van der Waals surface area (Å²) in [4.78, 5) is 0. The molecule has 0 amide bonds. The summed E-state index contributed by atoms with van der Waals surface area (Å²) in [5.74, 6) is -1.27. The van der Waals surface area contributed by atoms with Crippen LogP contribution in [0, 0.1) is 11.6 Å². The molecule has 0 atom stereocenters. The zero-order valence-electron chi connectivity index (χ0n) is 12.2. The number of phenols is 1. The van der Waals surface area contributed by atoms with Gasteiger partial charge in [0.25, 0.3) is 0 Å². The SMILES string of the molecule is COc1ccc(F)cc1O.COc1ccc(F)cc1OC(F)F. The van der Waals surface area contributed by atoms with Crippen molar-refractivity contribution in [1.29, 1.82) is 0 Å². The van der Waals surface area contributed by atoms with Crippen molar-refractivity contribution in [1.82, 2.24) is 0 Å². The van der Waals surface area contributed by atoms with Crippen molar-refractivity contribution in [2.75, 3.05) is 14.2 Å². The summed E-state index contributed by atoms with van der Waals surface area (Å²) < 4.78 is 61.7. The van der Waals surface area contributed by atoms with E-state index in [4.69, 9.17) is 5.11 Å². The molecule has 8 heteroatoms. The van der Waals surface area contributed by atoms with E-state index in [0.717, 1.165) is 18.2 Å². The molecule has 0 saturated heterocycles. The molecular formula is C15H14F4O4. The molecule has 2 rings (SSSR count). The van der Waals surface area contributed by atoms with E-state index < -0.39 is 18.2 Å². The second kappa shape index (κ2) is 8.72. The van der Waals surface area contributed by atoms with Gasteiger partial charge in [-0.3, -0.25) is 0 Å². The zero-order valence-corrected chi connectivity index (χ0v) is 12.2. The number of hydrogen-bond acceptors (Lipinski definition) is 4. The Labute approximate surface area is 129 Å². The molecule has 0 saturated carbocycles. The number of phenolic OH excluding ortho intramolecular Hbond substituents is 1. The molecule has 0 heterocycles. The van der Waals surface area contributed by atoms with Crippen molar-refractivity contribution < 1.29 is 36.9 Å². The van der Waals surface area contributed by atoms with E-state index in [-0.39, 0.29) is 23.0 Å². The molecule has 0 spiro atoms. The van der Waals surface area contributed by atoms with Gasteiger partial charge in [-0.05, 0) is 24.3 Å². The second-order valence-electron chi connectivity index (χ2n) is 3.99. The molecule has 0 radical (unpaired) electrons. The van der Waals surface area contributed by atoms with Gasteiger partial charge in [0.05, 0.1) is 14.2 Å². The summed E-state index contributed by atoms with van der Waals surface area (Å²) in [5.41, 5.74) is 0. The molecule has 0 fully saturated rings. The van der Waals surface area contributed by atoms with Gasteiger partial charge in [-0.25, -0.2) is 8.78 Å². The lowest BCUT2D eigenvalue weighted by Crippen LogP contribution is -2.03. The fraction of sp³-hybridized carbons (Fsp3) is 0.200. The van der Waals surface area contributed by atoms with E-state index in [1.165, 1.54) is 32.4 Å². The molecule has 0 aliphatic carbocycles. The molecular weight excluding hydrogens is 320 g/mol. The average Bonchev–Trinajstić information content (AvgIpc) is 2.47. The van der Waals surface area contributed by atoms with Crippen LogP contribution in [0.15, 0.2) is 36.4 Å². The predicted molar refractivity (Wildman–Crippen MR) is 74.2 cm³/mol. The first-order valence-electron chi connectivity index (χ1n) is 6.18. The lowest BCUT2D eigenvalue weighted by atomic mass is 10.3. The normalized spacial score (nSPS) is 9.87. The molecule has 4 nitrogen and oxygen atoms in total. The maximum Gasteiger partial charge on any atom is 0.387 e. The Bertz CT molecular complexity index is 635. The van der Waals surface area contributed by atoms with Crippen LogP contribution >= 0.6 is 0 Å².